The molecule has 3 heteroatoms. The molecule has 1 unspecified atom stereocenters. The first-order valence-corrected chi connectivity index (χ1v) is 5.55. The van der Waals surface area contributed by atoms with Crippen molar-refractivity contribution in [3.8, 4) is 0 Å². The molecule has 1 aromatic heterocycles. The van der Waals surface area contributed by atoms with Crippen LogP contribution in [0.4, 0.5) is 0 Å². The lowest BCUT2D eigenvalue weighted by atomic mass is 10.1. The lowest BCUT2D eigenvalue weighted by molar-refractivity contribution is 0.164. The van der Waals surface area contributed by atoms with Gasteiger partial charge in [0.25, 0.3) is 0 Å². The molecule has 1 rings (SSSR count). The van der Waals surface area contributed by atoms with Crippen LogP contribution >= 0.6 is 22.9 Å². The first-order valence-electron chi connectivity index (χ1n) is 4.08. The van der Waals surface area contributed by atoms with Gasteiger partial charge in [0, 0.05) is 5.88 Å². The summed E-state index contributed by atoms with van der Waals surface area (Å²) in [7, 11) is 0. The van der Waals surface area contributed by atoms with Gasteiger partial charge in [-0.1, -0.05) is 0 Å². The van der Waals surface area contributed by atoms with Gasteiger partial charge in [0.2, 0.25) is 0 Å². The van der Waals surface area contributed by atoms with Gasteiger partial charge in [-0.3, -0.25) is 0 Å². The molecular formula is C9H13ClOS. The predicted molar refractivity (Wildman–Crippen MR) is 54.0 cm³/mol. The van der Waals surface area contributed by atoms with Crippen molar-refractivity contribution in [2.75, 3.05) is 5.88 Å². The number of thiophene rings is 1. The third-order valence-electron chi connectivity index (χ3n) is 1.72. The summed E-state index contributed by atoms with van der Waals surface area (Å²) >= 11 is 7.19. The van der Waals surface area contributed by atoms with E-state index in [1.807, 2.05) is 5.38 Å². The Balaban J connectivity index is 2.22. The highest BCUT2D eigenvalue weighted by molar-refractivity contribution is 7.07. The van der Waals surface area contributed by atoms with E-state index in [0.717, 1.165) is 19.3 Å². The summed E-state index contributed by atoms with van der Waals surface area (Å²) in [5, 5.41) is 13.6. The quantitative estimate of drug-likeness (QED) is 0.732. The monoisotopic (exact) mass is 204 g/mol. The van der Waals surface area contributed by atoms with Crippen LogP contribution in [0.15, 0.2) is 16.8 Å². The van der Waals surface area contributed by atoms with Crippen LogP contribution in [0.1, 0.15) is 18.4 Å². The van der Waals surface area contributed by atoms with Gasteiger partial charge in [0.05, 0.1) is 6.10 Å². The second-order valence-electron chi connectivity index (χ2n) is 2.82. The number of alkyl halides is 1. The fourth-order valence-electron chi connectivity index (χ4n) is 1.10. The smallest absolute Gasteiger partial charge is 0.0581 e. The van der Waals surface area contributed by atoms with Crippen LogP contribution in [0.3, 0.4) is 0 Å². The van der Waals surface area contributed by atoms with E-state index in [1.54, 1.807) is 11.3 Å². The largest absolute Gasteiger partial charge is 0.393 e. The van der Waals surface area contributed by atoms with Crippen molar-refractivity contribution in [1.82, 2.24) is 0 Å². The average Bonchev–Trinajstić information content (AvgIpc) is 2.53. The molecule has 12 heavy (non-hydrogen) atoms. The Morgan fingerprint density at radius 1 is 1.58 bits per heavy atom. The van der Waals surface area contributed by atoms with E-state index in [0.29, 0.717) is 5.88 Å². The summed E-state index contributed by atoms with van der Waals surface area (Å²) in [4.78, 5) is 0. The van der Waals surface area contributed by atoms with Gasteiger partial charge >= 0.3 is 0 Å². The molecule has 0 saturated carbocycles. The molecule has 0 saturated heterocycles. The summed E-state index contributed by atoms with van der Waals surface area (Å²) < 4.78 is 0. The third-order valence-corrected chi connectivity index (χ3v) is 2.72. The van der Waals surface area contributed by atoms with E-state index in [1.165, 1.54) is 5.56 Å². The van der Waals surface area contributed by atoms with E-state index >= 15 is 0 Å². The lowest BCUT2D eigenvalue weighted by Gasteiger charge is -2.07. The summed E-state index contributed by atoms with van der Waals surface area (Å²) in [6.45, 7) is 0. The van der Waals surface area contributed by atoms with Crippen LogP contribution in [0.5, 0.6) is 0 Å². The maximum atomic E-state index is 9.50. The van der Waals surface area contributed by atoms with Crippen molar-refractivity contribution >= 4 is 22.9 Å². The van der Waals surface area contributed by atoms with E-state index in [4.69, 9.17) is 11.6 Å². The van der Waals surface area contributed by atoms with E-state index < -0.39 is 0 Å². The normalized spacial score (nSPS) is 13.2. The summed E-state index contributed by atoms with van der Waals surface area (Å²) in [6.07, 6.45) is 2.24. The molecule has 0 amide bonds. The van der Waals surface area contributed by atoms with Crippen LogP contribution in [0.2, 0.25) is 0 Å². The van der Waals surface area contributed by atoms with Crippen molar-refractivity contribution in [3.63, 3.8) is 0 Å². The minimum Gasteiger partial charge on any atom is -0.393 e. The molecule has 1 atom stereocenters. The van der Waals surface area contributed by atoms with Crippen molar-refractivity contribution in [2.45, 2.75) is 25.4 Å². The number of rotatable bonds is 5. The first-order chi connectivity index (χ1) is 5.83. The Kier molecular flexibility index (Phi) is 4.66. The van der Waals surface area contributed by atoms with Gasteiger partial charge in [-0.15, -0.1) is 11.6 Å². The number of aliphatic hydroxyl groups is 1. The summed E-state index contributed by atoms with van der Waals surface area (Å²) in [5.74, 6) is 0.640. The van der Waals surface area contributed by atoms with E-state index in [-0.39, 0.29) is 6.10 Å². The maximum absolute atomic E-state index is 9.50. The van der Waals surface area contributed by atoms with Gasteiger partial charge in [0.1, 0.15) is 0 Å². The molecule has 0 fully saturated rings. The van der Waals surface area contributed by atoms with Gasteiger partial charge in [-0.2, -0.15) is 11.3 Å². The second-order valence-corrected chi connectivity index (χ2v) is 3.98. The SMILES string of the molecule is OC(CCCCl)Cc1ccsc1. The first kappa shape index (κ1) is 10.0. The van der Waals surface area contributed by atoms with Crippen molar-refractivity contribution in [3.05, 3.63) is 22.4 Å². The molecule has 0 aromatic carbocycles. The van der Waals surface area contributed by atoms with Gasteiger partial charge < -0.3 is 5.11 Å². The Morgan fingerprint density at radius 3 is 3.00 bits per heavy atom. The lowest BCUT2D eigenvalue weighted by Crippen LogP contribution is -2.09. The highest BCUT2D eigenvalue weighted by Crippen LogP contribution is 2.11. The van der Waals surface area contributed by atoms with Crippen molar-refractivity contribution < 1.29 is 5.11 Å². The minimum absolute atomic E-state index is 0.224. The molecule has 0 spiro atoms. The molecular weight excluding hydrogens is 192 g/mol. The number of halogens is 1. The highest BCUT2D eigenvalue weighted by atomic mass is 35.5. The minimum atomic E-state index is -0.224. The molecule has 0 aliphatic rings. The second kappa shape index (κ2) is 5.57. The van der Waals surface area contributed by atoms with Crippen molar-refractivity contribution in [2.24, 2.45) is 0 Å². The molecule has 1 aromatic rings. The zero-order chi connectivity index (χ0) is 8.81. The zero-order valence-corrected chi connectivity index (χ0v) is 8.44. The molecule has 68 valence electrons. The molecule has 0 bridgehead atoms. The van der Waals surface area contributed by atoms with Gasteiger partial charge in [0.15, 0.2) is 0 Å². The fourth-order valence-corrected chi connectivity index (χ4v) is 1.93. The van der Waals surface area contributed by atoms with Crippen LogP contribution in [-0.2, 0) is 6.42 Å². The van der Waals surface area contributed by atoms with Crippen LogP contribution in [0, 0.1) is 0 Å². The Labute approximate surface area is 82.0 Å². The predicted octanol–water partition coefficient (Wildman–Crippen LogP) is 2.67. The number of hydrogen-bond acceptors (Lipinski definition) is 2. The molecule has 1 nitrogen and oxygen atoms in total. The fraction of sp³-hybridized carbons (Fsp3) is 0.556. The molecule has 1 N–H and O–H groups in total. The zero-order valence-electron chi connectivity index (χ0n) is 6.87. The van der Waals surface area contributed by atoms with Crippen LogP contribution < -0.4 is 0 Å². The van der Waals surface area contributed by atoms with Crippen LogP contribution in [0.25, 0.3) is 0 Å². The van der Waals surface area contributed by atoms with Crippen LogP contribution in [-0.4, -0.2) is 17.1 Å². The number of aliphatic hydroxyl groups excluding tert-OH is 1. The molecule has 0 aliphatic carbocycles. The maximum Gasteiger partial charge on any atom is 0.0581 e. The topological polar surface area (TPSA) is 20.2 Å². The Morgan fingerprint density at radius 2 is 2.42 bits per heavy atom. The van der Waals surface area contributed by atoms with E-state index in [9.17, 15) is 5.11 Å². The highest BCUT2D eigenvalue weighted by Gasteiger charge is 2.04. The summed E-state index contributed by atoms with van der Waals surface area (Å²) in [6, 6.07) is 2.05. The van der Waals surface area contributed by atoms with Crippen molar-refractivity contribution in [1.29, 1.82) is 0 Å². The molecule has 0 radical (unpaired) electrons. The van der Waals surface area contributed by atoms with E-state index in [2.05, 4.69) is 11.4 Å². The third kappa shape index (κ3) is 3.57. The Bertz CT molecular complexity index is 198. The van der Waals surface area contributed by atoms with Gasteiger partial charge in [-0.25, -0.2) is 0 Å². The summed E-state index contributed by atoms with van der Waals surface area (Å²) in [5.41, 5.74) is 1.22. The Hall–Kier alpha value is -0.0500. The van der Waals surface area contributed by atoms with Gasteiger partial charge in [-0.05, 0) is 41.7 Å². The average molecular weight is 205 g/mol. The number of hydrogen-bond donors (Lipinski definition) is 1. The molecule has 0 aliphatic heterocycles. The standard InChI is InChI=1S/C9H13ClOS/c10-4-1-2-9(11)6-8-3-5-12-7-8/h3,5,7,9,11H,1-2,4,6H2. The molecule has 1 heterocycles.